The third-order valence-corrected chi connectivity index (χ3v) is 3.66. The van der Waals surface area contributed by atoms with Gasteiger partial charge in [-0.05, 0) is 25.5 Å². The molecule has 0 bridgehead atoms. The van der Waals surface area contributed by atoms with Crippen molar-refractivity contribution in [2.45, 2.75) is 32.2 Å². The number of aromatic nitrogens is 2. The fourth-order valence-electron chi connectivity index (χ4n) is 2.25. The van der Waals surface area contributed by atoms with E-state index in [2.05, 4.69) is 17.1 Å². The number of nitrogens with two attached hydrogens (primary N) is 1. The second-order valence-corrected chi connectivity index (χ2v) is 5.69. The molecule has 0 amide bonds. The fourth-order valence-corrected chi connectivity index (χ4v) is 2.53. The minimum Gasteiger partial charge on any atom is -0.493 e. The third-order valence-electron chi connectivity index (χ3n) is 3.38. The number of ether oxygens (including phenoxy) is 2. The quantitative estimate of drug-likeness (QED) is 0.842. The molecule has 2 N–H and O–H groups in total. The van der Waals surface area contributed by atoms with Crippen LogP contribution in [0.3, 0.4) is 0 Å². The Balaban J connectivity index is 0.00000264. The predicted molar refractivity (Wildman–Crippen MR) is 91.5 cm³/mol. The summed E-state index contributed by atoms with van der Waals surface area (Å²) in [6.45, 7) is 3.92. The van der Waals surface area contributed by atoms with Gasteiger partial charge in [-0.15, -0.1) is 12.4 Å². The maximum Gasteiger partial charge on any atom is 0.246 e. The Morgan fingerprint density at radius 2 is 2.00 bits per heavy atom. The maximum absolute atomic E-state index is 6.20. The van der Waals surface area contributed by atoms with Crippen LogP contribution in [0.1, 0.15) is 32.6 Å². The second kappa shape index (κ2) is 7.86. The number of benzene rings is 1. The zero-order valence-electron chi connectivity index (χ0n) is 13.6. The van der Waals surface area contributed by atoms with E-state index in [1.807, 2.05) is 6.92 Å². The summed E-state index contributed by atoms with van der Waals surface area (Å²) in [6.07, 6.45) is 1.67. The highest BCUT2D eigenvalue weighted by Crippen LogP contribution is 2.38. The van der Waals surface area contributed by atoms with Crippen LogP contribution in [0.25, 0.3) is 11.4 Å². The molecule has 1 unspecified atom stereocenters. The molecule has 1 atom stereocenters. The molecule has 1 aromatic heterocycles. The van der Waals surface area contributed by atoms with Gasteiger partial charge in [0.15, 0.2) is 11.5 Å². The van der Waals surface area contributed by atoms with Gasteiger partial charge >= 0.3 is 0 Å². The summed E-state index contributed by atoms with van der Waals surface area (Å²) in [5, 5.41) is 4.40. The van der Waals surface area contributed by atoms with E-state index in [1.54, 1.807) is 12.1 Å². The van der Waals surface area contributed by atoms with Gasteiger partial charge in [-0.3, -0.25) is 0 Å². The third kappa shape index (κ3) is 4.07. The first-order valence-corrected chi connectivity index (χ1v) is 7.35. The Hall–Kier alpha value is -1.50. The molecule has 1 heterocycles. The van der Waals surface area contributed by atoms with Crippen molar-refractivity contribution in [2.75, 3.05) is 14.2 Å². The molecule has 0 aliphatic rings. The van der Waals surface area contributed by atoms with Crippen LogP contribution in [-0.2, 0) is 5.54 Å². The van der Waals surface area contributed by atoms with E-state index in [0.717, 1.165) is 12.8 Å². The predicted octanol–water partition coefficient (Wildman–Crippen LogP) is 3.80. The SMILES string of the molecule is CCCC(C)(N)c1nc(-c2cc(Cl)c(OC)c(OC)c2)no1.Cl. The number of hydrogen-bond donors (Lipinski definition) is 1. The number of rotatable bonds is 6. The van der Waals surface area contributed by atoms with Gasteiger partial charge in [-0.2, -0.15) is 4.98 Å². The van der Waals surface area contributed by atoms with E-state index < -0.39 is 5.54 Å². The van der Waals surface area contributed by atoms with E-state index in [0.29, 0.717) is 33.8 Å². The summed E-state index contributed by atoms with van der Waals surface area (Å²) < 4.78 is 15.8. The monoisotopic (exact) mass is 361 g/mol. The van der Waals surface area contributed by atoms with Crippen LogP contribution in [0.15, 0.2) is 16.7 Å². The summed E-state index contributed by atoms with van der Waals surface area (Å²) in [5.41, 5.74) is 6.22. The van der Waals surface area contributed by atoms with Crippen LogP contribution in [0.2, 0.25) is 5.02 Å². The molecule has 0 aliphatic heterocycles. The lowest BCUT2D eigenvalue weighted by atomic mass is 9.98. The van der Waals surface area contributed by atoms with E-state index in [4.69, 9.17) is 31.3 Å². The average Bonchev–Trinajstić information content (AvgIpc) is 2.97. The van der Waals surface area contributed by atoms with Crippen LogP contribution >= 0.6 is 24.0 Å². The van der Waals surface area contributed by atoms with Gasteiger partial charge in [-0.1, -0.05) is 30.1 Å². The number of methoxy groups -OCH3 is 2. The highest BCUT2D eigenvalue weighted by molar-refractivity contribution is 6.32. The van der Waals surface area contributed by atoms with Crippen molar-refractivity contribution in [3.63, 3.8) is 0 Å². The number of halogens is 2. The molecule has 0 aliphatic carbocycles. The smallest absolute Gasteiger partial charge is 0.246 e. The zero-order chi connectivity index (χ0) is 16.3. The lowest BCUT2D eigenvalue weighted by molar-refractivity contribution is 0.284. The molecule has 23 heavy (non-hydrogen) atoms. The normalized spacial score (nSPS) is 13.1. The van der Waals surface area contributed by atoms with Crippen molar-refractivity contribution in [1.82, 2.24) is 10.1 Å². The molecule has 1 aromatic carbocycles. The summed E-state index contributed by atoms with van der Waals surface area (Å²) >= 11 is 6.19. The van der Waals surface area contributed by atoms with Crippen LogP contribution < -0.4 is 15.2 Å². The summed E-state index contributed by atoms with van der Waals surface area (Å²) in [6, 6.07) is 3.44. The summed E-state index contributed by atoms with van der Waals surface area (Å²) in [4.78, 5) is 4.39. The minimum atomic E-state index is -0.652. The van der Waals surface area contributed by atoms with E-state index in [-0.39, 0.29) is 12.4 Å². The zero-order valence-corrected chi connectivity index (χ0v) is 15.1. The largest absolute Gasteiger partial charge is 0.493 e. The van der Waals surface area contributed by atoms with Gasteiger partial charge in [0.2, 0.25) is 11.7 Å². The molecule has 8 heteroatoms. The molecular weight excluding hydrogens is 341 g/mol. The van der Waals surface area contributed by atoms with Crippen molar-refractivity contribution in [3.05, 3.63) is 23.0 Å². The van der Waals surface area contributed by atoms with Crippen molar-refractivity contribution >= 4 is 24.0 Å². The van der Waals surface area contributed by atoms with E-state index in [1.165, 1.54) is 14.2 Å². The van der Waals surface area contributed by atoms with Gasteiger partial charge in [-0.25, -0.2) is 0 Å². The topological polar surface area (TPSA) is 83.4 Å². The van der Waals surface area contributed by atoms with Crippen LogP contribution in [0.5, 0.6) is 11.5 Å². The first kappa shape index (κ1) is 19.5. The van der Waals surface area contributed by atoms with Crippen LogP contribution in [0, 0.1) is 0 Å². The number of hydrogen-bond acceptors (Lipinski definition) is 6. The van der Waals surface area contributed by atoms with Gasteiger partial charge < -0.3 is 19.7 Å². The summed E-state index contributed by atoms with van der Waals surface area (Å²) in [5.74, 6) is 1.77. The van der Waals surface area contributed by atoms with Gasteiger partial charge in [0.25, 0.3) is 0 Å². The molecule has 6 nitrogen and oxygen atoms in total. The summed E-state index contributed by atoms with van der Waals surface area (Å²) in [7, 11) is 3.07. The first-order valence-electron chi connectivity index (χ1n) is 6.98. The molecule has 0 spiro atoms. The molecule has 0 saturated carbocycles. The Kier molecular flexibility index (Phi) is 6.68. The van der Waals surface area contributed by atoms with Crippen molar-refractivity contribution in [2.24, 2.45) is 5.73 Å². The lowest BCUT2D eigenvalue weighted by Gasteiger charge is -2.18. The Labute approximate surface area is 146 Å². The Morgan fingerprint density at radius 3 is 2.57 bits per heavy atom. The lowest BCUT2D eigenvalue weighted by Crippen LogP contribution is -2.33. The number of nitrogens with zero attached hydrogens (tertiary/aromatic N) is 2. The van der Waals surface area contributed by atoms with Crippen LogP contribution in [0.4, 0.5) is 0 Å². The molecule has 128 valence electrons. The highest BCUT2D eigenvalue weighted by atomic mass is 35.5. The molecule has 2 aromatic rings. The molecule has 2 rings (SSSR count). The van der Waals surface area contributed by atoms with Crippen molar-refractivity contribution in [1.29, 1.82) is 0 Å². The standard InChI is InChI=1S/C15H20ClN3O3.ClH/c1-5-6-15(2,17)14-18-13(19-22-14)9-7-10(16)12(21-4)11(8-9)20-3;/h7-8H,5-6,17H2,1-4H3;1H. The Morgan fingerprint density at radius 1 is 1.30 bits per heavy atom. The molecule has 0 fully saturated rings. The van der Waals surface area contributed by atoms with Gasteiger partial charge in [0.05, 0.1) is 24.8 Å². The fraction of sp³-hybridized carbons (Fsp3) is 0.467. The average molecular weight is 362 g/mol. The van der Waals surface area contributed by atoms with Gasteiger partial charge in [0.1, 0.15) is 0 Å². The molecule has 0 saturated heterocycles. The maximum atomic E-state index is 6.20. The Bertz CT molecular complexity index is 659. The first-order chi connectivity index (χ1) is 10.4. The van der Waals surface area contributed by atoms with Gasteiger partial charge in [0, 0.05) is 5.56 Å². The van der Waals surface area contributed by atoms with Crippen molar-refractivity contribution < 1.29 is 14.0 Å². The minimum absolute atomic E-state index is 0. The molecule has 0 radical (unpaired) electrons. The van der Waals surface area contributed by atoms with Crippen LogP contribution in [-0.4, -0.2) is 24.4 Å². The molecular formula is C15H21Cl2N3O3. The van der Waals surface area contributed by atoms with Crippen molar-refractivity contribution in [3.8, 4) is 22.9 Å². The van der Waals surface area contributed by atoms with E-state index in [9.17, 15) is 0 Å². The van der Waals surface area contributed by atoms with E-state index >= 15 is 0 Å². The second-order valence-electron chi connectivity index (χ2n) is 5.28. The highest BCUT2D eigenvalue weighted by Gasteiger charge is 2.28.